The summed E-state index contributed by atoms with van der Waals surface area (Å²) in [4.78, 5) is 18.4. The zero-order valence-corrected chi connectivity index (χ0v) is 21.9. The lowest BCUT2D eigenvalue weighted by Crippen LogP contribution is -2.40. The van der Waals surface area contributed by atoms with Crippen LogP contribution in [0.3, 0.4) is 0 Å². The molecule has 2 aromatic heterocycles. The van der Waals surface area contributed by atoms with Gasteiger partial charge in [-0.3, -0.25) is 9.36 Å². The molecule has 9 heteroatoms. The largest absolute Gasteiger partial charge is 0.498 e. The second kappa shape index (κ2) is 11.2. The first-order valence-electron chi connectivity index (χ1n) is 12.8. The molecule has 3 heterocycles. The number of tetrazole rings is 1. The topological polar surface area (TPSA) is 110 Å². The minimum atomic E-state index is -0.0388. The molecule has 0 atom stereocenters. The monoisotopic (exact) mass is 509 g/mol. The van der Waals surface area contributed by atoms with Gasteiger partial charge in [0.2, 0.25) is 11.8 Å². The van der Waals surface area contributed by atoms with Crippen LogP contribution in [0.5, 0.6) is 0 Å². The van der Waals surface area contributed by atoms with Crippen molar-refractivity contribution in [3.8, 4) is 22.5 Å². The Morgan fingerprint density at radius 3 is 2.53 bits per heavy atom. The quantitative estimate of drug-likeness (QED) is 0.368. The van der Waals surface area contributed by atoms with E-state index >= 15 is 0 Å². The average Bonchev–Trinajstić information content (AvgIpc) is 3.49. The average molecular weight is 510 g/mol. The molecule has 0 saturated carbocycles. The Balaban J connectivity index is 1.48. The second-order valence-corrected chi connectivity index (χ2v) is 9.29. The van der Waals surface area contributed by atoms with Crippen molar-refractivity contribution >= 4 is 5.96 Å². The normalized spacial score (nSPS) is 13.0. The number of aryl methyl sites for hydroxylation is 2. The zero-order valence-electron chi connectivity index (χ0n) is 21.9. The van der Waals surface area contributed by atoms with Crippen LogP contribution in [-0.2, 0) is 17.6 Å². The van der Waals surface area contributed by atoms with Crippen LogP contribution < -0.4 is 10.9 Å². The predicted octanol–water partition coefficient (Wildman–Crippen LogP) is 4.23. The minimum Gasteiger partial charge on any atom is -0.498 e. The first-order chi connectivity index (χ1) is 18.6. The van der Waals surface area contributed by atoms with Crippen molar-refractivity contribution in [1.29, 1.82) is 0 Å². The molecule has 0 fully saturated rings. The molecule has 1 aliphatic heterocycles. The van der Waals surface area contributed by atoms with Gasteiger partial charge in [-0.25, -0.2) is 4.99 Å². The number of nitrogens with one attached hydrogen (secondary N) is 2. The van der Waals surface area contributed by atoms with Crippen LogP contribution in [0.25, 0.3) is 22.5 Å². The Labute approximate surface area is 221 Å². The Morgan fingerprint density at radius 2 is 1.87 bits per heavy atom. The molecule has 0 bridgehead atoms. The maximum Gasteiger partial charge on any atom is 0.261 e. The molecule has 2 N–H and O–H groups in total. The molecule has 4 aromatic rings. The number of unbranched alkanes of at least 4 members (excludes halogenated alkanes) is 1. The lowest BCUT2D eigenvalue weighted by Gasteiger charge is -2.20. The molecule has 5 rings (SSSR count). The van der Waals surface area contributed by atoms with Gasteiger partial charge in [0, 0.05) is 29.4 Å². The van der Waals surface area contributed by atoms with Gasteiger partial charge in [0.05, 0.1) is 7.11 Å². The number of methoxy groups -OCH3 is 1. The molecule has 2 aromatic carbocycles. The first kappa shape index (κ1) is 25.1. The predicted molar refractivity (Wildman–Crippen MR) is 148 cm³/mol. The number of aromatic amines is 1. The highest BCUT2D eigenvalue weighted by atomic mass is 16.5. The molecule has 38 heavy (non-hydrogen) atoms. The number of aromatic nitrogens is 5. The minimum absolute atomic E-state index is 0.0388. The van der Waals surface area contributed by atoms with Gasteiger partial charge in [-0.15, -0.1) is 10.2 Å². The van der Waals surface area contributed by atoms with E-state index < -0.39 is 0 Å². The van der Waals surface area contributed by atoms with E-state index in [-0.39, 0.29) is 5.56 Å². The highest BCUT2D eigenvalue weighted by molar-refractivity contribution is 5.85. The summed E-state index contributed by atoms with van der Waals surface area (Å²) in [7, 11) is 1.61. The fourth-order valence-electron chi connectivity index (χ4n) is 4.74. The Hall–Kier alpha value is -4.53. The lowest BCUT2D eigenvalue weighted by molar-refractivity contribution is 0.283. The number of pyridine rings is 1. The summed E-state index contributed by atoms with van der Waals surface area (Å²) in [5.41, 5.74) is 6.76. The maximum atomic E-state index is 13.9. The van der Waals surface area contributed by atoms with Gasteiger partial charge < -0.3 is 10.1 Å². The van der Waals surface area contributed by atoms with Gasteiger partial charge in [-0.2, -0.15) is 5.21 Å². The van der Waals surface area contributed by atoms with E-state index in [0.717, 1.165) is 64.1 Å². The van der Waals surface area contributed by atoms with Crippen molar-refractivity contribution in [2.24, 2.45) is 4.99 Å². The molecule has 0 aliphatic carbocycles. The third-order valence-corrected chi connectivity index (χ3v) is 6.76. The molecular weight excluding hydrogens is 478 g/mol. The second-order valence-electron chi connectivity index (χ2n) is 9.29. The SMILES string of the molecule is CCCCc1cc(C)n(C2=NCC(OC)=CN2)c(=O)c1Cc1ccc(-c2ccccc2-c2nn[nH]n2)cc1. The summed E-state index contributed by atoms with van der Waals surface area (Å²) < 4.78 is 6.93. The van der Waals surface area contributed by atoms with Crippen molar-refractivity contribution in [3.63, 3.8) is 0 Å². The van der Waals surface area contributed by atoms with Crippen LogP contribution in [0.15, 0.2) is 76.3 Å². The van der Waals surface area contributed by atoms with Crippen LogP contribution >= 0.6 is 0 Å². The molecule has 9 nitrogen and oxygen atoms in total. The molecule has 194 valence electrons. The molecule has 0 radical (unpaired) electrons. The Bertz CT molecular complexity index is 1530. The van der Waals surface area contributed by atoms with E-state index in [4.69, 9.17) is 4.74 Å². The van der Waals surface area contributed by atoms with Gasteiger partial charge >= 0.3 is 0 Å². The van der Waals surface area contributed by atoms with Crippen LogP contribution in [0.1, 0.15) is 42.1 Å². The van der Waals surface area contributed by atoms with Crippen molar-refractivity contribution in [2.45, 2.75) is 39.5 Å². The number of hydrogen-bond donors (Lipinski definition) is 2. The van der Waals surface area contributed by atoms with Crippen LogP contribution in [0.4, 0.5) is 0 Å². The van der Waals surface area contributed by atoms with Gasteiger partial charge in [0.1, 0.15) is 12.3 Å². The standard InChI is InChI=1S/C29H31N7O2/c1-4-5-8-22-15-19(2)36(29-30-17-23(38-3)18-31-29)28(37)26(22)16-20-11-13-21(14-12-20)24-9-6-7-10-25(24)27-32-34-35-33-27/h6-7,9-15,17H,4-5,8,16,18H2,1-3H3,(H,30,31)(H,32,33,34,35). The third-order valence-electron chi connectivity index (χ3n) is 6.76. The van der Waals surface area contributed by atoms with E-state index in [1.54, 1.807) is 17.9 Å². The molecule has 0 spiro atoms. The van der Waals surface area contributed by atoms with Crippen molar-refractivity contribution in [2.75, 3.05) is 13.7 Å². The Kier molecular flexibility index (Phi) is 7.44. The van der Waals surface area contributed by atoms with Crippen LogP contribution in [0.2, 0.25) is 0 Å². The molecular formula is C29H31N7O2. The smallest absolute Gasteiger partial charge is 0.261 e. The third kappa shape index (κ3) is 5.13. The van der Waals surface area contributed by atoms with E-state index in [0.29, 0.717) is 24.7 Å². The summed E-state index contributed by atoms with van der Waals surface area (Å²) in [5.74, 6) is 1.79. The van der Waals surface area contributed by atoms with Crippen LogP contribution in [-0.4, -0.2) is 44.8 Å². The van der Waals surface area contributed by atoms with E-state index in [1.807, 2.05) is 31.2 Å². The van der Waals surface area contributed by atoms with Gasteiger partial charge in [-0.05, 0) is 53.3 Å². The Morgan fingerprint density at radius 1 is 1.08 bits per heavy atom. The summed E-state index contributed by atoms with van der Waals surface area (Å²) >= 11 is 0. The molecule has 0 unspecified atom stereocenters. The highest BCUT2D eigenvalue weighted by Crippen LogP contribution is 2.30. The van der Waals surface area contributed by atoms with E-state index in [9.17, 15) is 4.79 Å². The summed E-state index contributed by atoms with van der Waals surface area (Å²) in [6.45, 7) is 4.51. The fourth-order valence-corrected chi connectivity index (χ4v) is 4.74. The highest BCUT2D eigenvalue weighted by Gasteiger charge is 2.18. The number of benzene rings is 2. The number of hydrogen-bond acceptors (Lipinski definition) is 7. The fraction of sp³-hybridized carbons (Fsp3) is 0.276. The van der Waals surface area contributed by atoms with E-state index in [2.05, 4.69) is 68.2 Å². The van der Waals surface area contributed by atoms with Crippen molar-refractivity contribution in [1.82, 2.24) is 30.5 Å². The number of nitrogens with zero attached hydrogens (tertiary/aromatic N) is 5. The number of ether oxygens (including phenoxy) is 1. The van der Waals surface area contributed by atoms with Crippen molar-refractivity contribution in [3.05, 3.63) is 99.3 Å². The summed E-state index contributed by atoms with van der Waals surface area (Å²) in [6, 6.07) is 18.4. The van der Waals surface area contributed by atoms with E-state index in [1.165, 1.54) is 0 Å². The molecule has 1 aliphatic rings. The maximum absolute atomic E-state index is 13.9. The number of rotatable bonds is 8. The first-order valence-corrected chi connectivity index (χ1v) is 12.8. The lowest BCUT2D eigenvalue weighted by atomic mass is 9.94. The van der Waals surface area contributed by atoms with Gasteiger partial charge in [0.25, 0.3) is 5.56 Å². The number of H-pyrrole nitrogens is 1. The van der Waals surface area contributed by atoms with Gasteiger partial charge in [0.15, 0.2) is 0 Å². The zero-order chi connectivity index (χ0) is 26.5. The summed E-state index contributed by atoms with van der Waals surface area (Å²) in [5, 5.41) is 17.6. The van der Waals surface area contributed by atoms with Crippen molar-refractivity contribution < 1.29 is 4.74 Å². The number of aliphatic imine (C=N–C) groups is 1. The molecule has 0 amide bonds. The molecule has 0 saturated heterocycles. The van der Waals surface area contributed by atoms with Crippen LogP contribution in [0, 0.1) is 6.92 Å². The summed E-state index contributed by atoms with van der Waals surface area (Å²) in [6.07, 6.45) is 5.25. The van der Waals surface area contributed by atoms with Gasteiger partial charge in [-0.1, -0.05) is 61.9 Å².